The van der Waals surface area contributed by atoms with Gasteiger partial charge in [0.15, 0.2) is 0 Å². The predicted molar refractivity (Wildman–Crippen MR) is 184 cm³/mol. The quantitative estimate of drug-likeness (QED) is 0.235. The minimum Gasteiger partial charge on any atom is -0.457 e. The molecule has 4 heterocycles. The van der Waals surface area contributed by atoms with Crippen molar-refractivity contribution < 1.29 is 14.3 Å². The number of anilines is 2. The van der Waals surface area contributed by atoms with Gasteiger partial charge in [-0.05, 0) is 85.7 Å². The Morgan fingerprint density at radius 1 is 0.830 bits per heavy atom. The molecule has 0 spiro atoms. The Labute approximate surface area is 275 Å². The van der Waals surface area contributed by atoms with E-state index in [0.29, 0.717) is 35.2 Å². The van der Waals surface area contributed by atoms with Crippen molar-refractivity contribution in [3.05, 3.63) is 90.0 Å². The number of aromatic nitrogens is 2. The number of nitrogens with zero attached hydrogens (tertiary/aromatic N) is 4. The van der Waals surface area contributed by atoms with E-state index in [1.165, 1.54) is 11.3 Å². The van der Waals surface area contributed by atoms with Gasteiger partial charge in [-0.25, -0.2) is 4.68 Å². The van der Waals surface area contributed by atoms with Gasteiger partial charge in [-0.3, -0.25) is 9.59 Å². The molecule has 7 rings (SSSR count). The number of primary amides is 1. The summed E-state index contributed by atoms with van der Waals surface area (Å²) in [7, 11) is 0. The molecule has 1 atom stereocenters. The fourth-order valence-electron chi connectivity index (χ4n) is 7.22. The summed E-state index contributed by atoms with van der Waals surface area (Å²) in [6, 6.07) is 26.0. The van der Waals surface area contributed by atoms with Gasteiger partial charge in [0.05, 0.1) is 6.04 Å². The number of benzene rings is 3. The molecule has 10 heteroatoms. The van der Waals surface area contributed by atoms with Crippen LogP contribution in [0.4, 0.5) is 11.5 Å². The van der Waals surface area contributed by atoms with E-state index in [0.717, 1.165) is 82.8 Å². The number of rotatable bonds is 9. The topological polar surface area (TPSA) is 118 Å². The molecule has 0 saturated carbocycles. The lowest BCUT2D eigenvalue weighted by atomic mass is 9.86. The minimum absolute atomic E-state index is 0.130. The number of ether oxygens (including phenoxy) is 1. The molecule has 0 radical (unpaired) electrons. The summed E-state index contributed by atoms with van der Waals surface area (Å²) in [5, 5.41) is 11.8. The second-order valence-corrected chi connectivity index (χ2v) is 12.7. The lowest BCUT2D eigenvalue weighted by Crippen LogP contribution is -2.43. The van der Waals surface area contributed by atoms with Gasteiger partial charge in [-0.1, -0.05) is 30.3 Å². The van der Waals surface area contributed by atoms with E-state index in [2.05, 4.69) is 39.8 Å². The smallest absolute Gasteiger partial charge is 0.254 e. The first-order valence-electron chi connectivity index (χ1n) is 16.9. The minimum atomic E-state index is -0.502. The maximum absolute atomic E-state index is 13.2. The van der Waals surface area contributed by atoms with Crippen LogP contribution in [0.25, 0.3) is 11.3 Å². The van der Waals surface area contributed by atoms with Crippen LogP contribution < -0.4 is 26.0 Å². The first kappa shape index (κ1) is 30.8. The monoisotopic (exact) mass is 633 g/mol. The first-order valence-corrected chi connectivity index (χ1v) is 16.9. The number of nitrogens with two attached hydrogens (primary N) is 1. The van der Waals surface area contributed by atoms with Crippen LogP contribution in [0.5, 0.6) is 11.5 Å². The van der Waals surface area contributed by atoms with E-state index < -0.39 is 5.91 Å². The highest BCUT2D eigenvalue weighted by atomic mass is 16.5. The van der Waals surface area contributed by atoms with Crippen LogP contribution in [0.2, 0.25) is 0 Å². The van der Waals surface area contributed by atoms with Crippen molar-refractivity contribution in [2.45, 2.75) is 38.1 Å². The van der Waals surface area contributed by atoms with Crippen molar-refractivity contribution in [1.29, 1.82) is 0 Å². The molecule has 244 valence electrons. The summed E-state index contributed by atoms with van der Waals surface area (Å²) in [5.74, 6) is 2.22. The third-order valence-electron chi connectivity index (χ3n) is 9.79. The fraction of sp³-hybridized carbons (Fsp3) is 0.378. The molecule has 10 nitrogen and oxygen atoms in total. The molecule has 4 N–H and O–H groups in total. The molecule has 0 unspecified atom stereocenters. The molecular formula is C37H43N7O3. The molecular weight excluding hydrogens is 590 g/mol. The Kier molecular flexibility index (Phi) is 9.10. The molecule has 0 aliphatic carbocycles. The highest BCUT2D eigenvalue weighted by molar-refractivity contribution is 6.03. The summed E-state index contributed by atoms with van der Waals surface area (Å²) >= 11 is 0. The van der Waals surface area contributed by atoms with Gasteiger partial charge in [0, 0.05) is 63.5 Å². The highest BCUT2D eigenvalue weighted by Crippen LogP contribution is 2.40. The Morgan fingerprint density at radius 2 is 1.53 bits per heavy atom. The first-order chi connectivity index (χ1) is 23.0. The van der Waals surface area contributed by atoms with Gasteiger partial charge >= 0.3 is 0 Å². The molecule has 47 heavy (non-hydrogen) atoms. The van der Waals surface area contributed by atoms with Crippen molar-refractivity contribution in [3.63, 3.8) is 0 Å². The molecule has 2 amide bonds. The number of likely N-dealkylation sites (tertiary alicyclic amines) is 1. The third-order valence-corrected chi connectivity index (χ3v) is 9.79. The van der Waals surface area contributed by atoms with Crippen LogP contribution in [0.3, 0.4) is 0 Å². The standard InChI is InChI=1S/C37H43N7O3/c38-36(46)34-35(28-9-13-31(14-10-28)47-30-4-2-1-3-5-30)41-44-32(16-19-40-37(34)44)27-17-22-43(23-18-27)33(45)15-8-26-6-11-29(12-7-26)42-24-20-39-21-25-42/h1-7,9-14,27,32,39-40H,8,15-25H2,(H2,38,46)/t32-/m0/s1. The van der Waals surface area contributed by atoms with Crippen LogP contribution in [0.1, 0.15) is 47.6 Å². The summed E-state index contributed by atoms with van der Waals surface area (Å²) in [6.07, 6.45) is 3.99. The average Bonchev–Trinajstić information content (AvgIpc) is 3.52. The zero-order valence-corrected chi connectivity index (χ0v) is 26.7. The lowest BCUT2D eigenvalue weighted by Gasteiger charge is -2.38. The number of carbonyl (C=O) groups excluding carboxylic acids is 2. The molecule has 3 aromatic carbocycles. The van der Waals surface area contributed by atoms with Gasteiger partial charge < -0.3 is 30.9 Å². The van der Waals surface area contributed by atoms with E-state index in [9.17, 15) is 9.59 Å². The summed E-state index contributed by atoms with van der Waals surface area (Å²) < 4.78 is 7.94. The second-order valence-electron chi connectivity index (χ2n) is 12.7. The van der Waals surface area contributed by atoms with Gasteiger partial charge in [0.2, 0.25) is 5.91 Å². The normalized spacial score (nSPS) is 18.3. The number of nitrogens with one attached hydrogen (secondary N) is 2. The molecule has 2 saturated heterocycles. The Hall–Kier alpha value is -4.83. The van der Waals surface area contributed by atoms with Crippen LogP contribution in [-0.2, 0) is 11.2 Å². The molecule has 3 aliphatic heterocycles. The number of amides is 2. The van der Waals surface area contributed by atoms with E-state index in [-0.39, 0.29) is 11.9 Å². The molecule has 4 aromatic rings. The number of carbonyl (C=O) groups is 2. The van der Waals surface area contributed by atoms with Crippen LogP contribution in [0.15, 0.2) is 78.9 Å². The highest BCUT2D eigenvalue weighted by Gasteiger charge is 2.36. The van der Waals surface area contributed by atoms with Crippen molar-refractivity contribution in [2.24, 2.45) is 11.7 Å². The largest absolute Gasteiger partial charge is 0.457 e. The predicted octanol–water partition coefficient (Wildman–Crippen LogP) is 5.08. The van der Waals surface area contributed by atoms with E-state index >= 15 is 0 Å². The SMILES string of the molecule is NC(=O)c1c(-c2ccc(Oc3ccccc3)cc2)nn2c1NCC[C@H]2C1CCN(C(=O)CCc2ccc(N3CCNCC3)cc2)CC1. The zero-order valence-electron chi connectivity index (χ0n) is 26.7. The number of hydrogen-bond acceptors (Lipinski definition) is 7. The molecule has 0 bridgehead atoms. The molecule has 3 aliphatic rings. The summed E-state index contributed by atoms with van der Waals surface area (Å²) in [6.45, 7) is 6.31. The number of piperazine rings is 1. The van der Waals surface area contributed by atoms with E-state index in [1.54, 1.807) is 0 Å². The van der Waals surface area contributed by atoms with Crippen molar-refractivity contribution in [3.8, 4) is 22.8 Å². The summed E-state index contributed by atoms with van der Waals surface area (Å²) in [4.78, 5) is 30.4. The Balaban J connectivity index is 0.978. The van der Waals surface area contributed by atoms with Crippen molar-refractivity contribution in [2.75, 3.05) is 56.0 Å². The number of fused-ring (bicyclic) bond motifs is 1. The third kappa shape index (κ3) is 6.83. The maximum atomic E-state index is 13.2. The maximum Gasteiger partial charge on any atom is 0.254 e. The van der Waals surface area contributed by atoms with Gasteiger partial charge in [0.1, 0.15) is 28.6 Å². The number of piperidine rings is 1. The lowest BCUT2D eigenvalue weighted by molar-refractivity contribution is -0.132. The number of para-hydroxylation sites is 1. The van der Waals surface area contributed by atoms with Crippen molar-refractivity contribution >= 4 is 23.3 Å². The van der Waals surface area contributed by atoms with E-state index in [1.807, 2.05) is 64.2 Å². The fourth-order valence-corrected chi connectivity index (χ4v) is 7.22. The second kappa shape index (κ2) is 13.9. The molecule has 1 aromatic heterocycles. The van der Waals surface area contributed by atoms with Crippen LogP contribution in [-0.4, -0.2) is 72.3 Å². The van der Waals surface area contributed by atoms with E-state index in [4.69, 9.17) is 15.6 Å². The van der Waals surface area contributed by atoms with Gasteiger partial charge in [0.25, 0.3) is 5.91 Å². The average molecular weight is 634 g/mol. The molecule has 2 fully saturated rings. The van der Waals surface area contributed by atoms with Crippen LogP contribution in [0, 0.1) is 5.92 Å². The summed E-state index contributed by atoms with van der Waals surface area (Å²) in [5.41, 5.74) is 10.2. The zero-order chi connectivity index (χ0) is 32.2. The van der Waals surface area contributed by atoms with Crippen molar-refractivity contribution in [1.82, 2.24) is 20.0 Å². The Morgan fingerprint density at radius 3 is 2.23 bits per heavy atom. The number of hydrogen-bond donors (Lipinski definition) is 3. The number of aryl methyl sites for hydroxylation is 1. The van der Waals surface area contributed by atoms with Crippen LogP contribution >= 0.6 is 0 Å². The Bertz CT molecular complexity index is 1670. The van der Waals surface area contributed by atoms with Gasteiger partial charge in [-0.2, -0.15) is 5.10 Å². The van der Waals surface area contributed by atoms with Gasteiger partial charge in [-0.15, -0.1) is 0 Å².